The van der Waals surface area contributed by atoms with E-state index in [1.165, 1.54) is 9.13 Å². The normalized spacial score (nSPS) is 11.6. The summed E-state index contributed by atoms with van der Waals surface area (Å²) in [6, 6.07) is 7.65. The van der Waals surface area contributed by atoms with Crippen molar-refractivity contribution in [2.45, 2.75) is 27.3 Å². The average Bonchev–Trinajstić information content (AvgIpc) is 3.16. The summed E-state index contributed by atoms with van der Waals surface area (Å²) in [4.78, 5) is 30.1. The fourth-order valence-corrected chi connectivity index (χ4v) is 3.59. The van der Waals surface area contributed by atoms with Crippen LogP contribution in [0.5, 0.6) is 5.75 Å². The molecule has 0 amide bonds. The number of ether oxygens (including phenoxy) is 1. The molecule has 0 saturated heterocycles. The van der Waals surface area contributed by atoms with Gasteiger partial charge in [0.1, 0.15) is 5.75 Å². The van der Waals surface area contributed by atoms with Crippen molar-refractivity contribution in [3.05, 3.63) is 56.5 Å². The number of imidazole rings is 2. The minimum atomic E-state index is -0.363. The average molecular weight is 367 g/mol. The van der Waals surface area contributed by atoms with E-state index in [9.17, 15) is 9.59 Å². The second-order valence-electron chi connectivity index (χ2n) is 6.52. The molecule has 8 nitrogen and oxygen atoms in total. The number of aromatic nitrogens is 5. The Balaban J connectivity index is 2.21. The lowest BCUT2D eigenvalue weighted by Crippen LogP contribution is -2.38. The molecule has 4 aromatic rings. The molecule has 27 heavy (non-hydrogen) atoms. The molecular weight excluding hydrogens is 346 g/mol. The highest BCUT2D eigenvalue weighted by Crippen LogP contribution is 2.26. The molecule has 0 spiro atoms. The molecule has 8 heteroatoms. The fraction of sp³-hybridized carbons (Fsp3) is 0.316. The maximum atomic E-state index is 13.0. The van der Waals surface area contributed by atoms with E-state index in [1.807, 2.05) is 47.1 Å². The van der Waals surface area contributed by atoms with Crippen LogP contribution in [0.4, 0.5) is 0 Å². The first kappa shape index (κ1) is 17.1. The Bertz CT molecular complexity index is 1320. The van der Waals surface area contributed by atoms with Crippen LogP contribution in [0.3, 0.4) is 0 Å². The standard InChI is InChI=1S/C19H21N5O3/c1-6-22-17(25)15-16(21(4)19(22)26)20-18-23(11(2)12(3)24(15)18)13-8-7-9-14(10-13)27-5/h7-10H,6H2,1-5H3. The Labute approximate surface area is 154 Å². The van der Waals surface area contributed by atoms with Gasteiger partial charge in [-0.1, -0.05) is 6.07 Å². The van der Waals surface area contributed by atoms with Crippen LogP contribution in [0.2, 0.25) is 0 Å². The topological polar surface area (TPSA) is 75.5 Å². The van der Waals surface area contributed by atoms with E-state index in [1.54, 1.807) is 21.1 Å². The van der Waals surface area contributed by atoms with Crippen LogP contribution in [0.15, 0.2) is 33.9 Å². The lowest BCUT2D eigenvalue weighted by molar-refractivity contribution is 0.414. The Morgan fingerprint density at radius 3 is 2.56 bits per heavy atom. The van der Waals surface area contributed by atoms with Gasteiger partial charge in [0.2, 0.25) is 5.78 Å². The molecule has 3 heterocycles. The highest BCUT2D eigenvalue weighted by atomic mass is 16.5. The predicted molar refractivity (Wildman–Crippen MR) is 103 cm³/mol. The molecule has 0 aliphatic heterocycles. The molecule has 0 aliphatic rings. The lowest BCUT2D eigenvalue weighted by Gasteiger charge is -2.08. The zero-order valence-electron chi connectivity index (χ0n) is 16.0. The molecule has 4 rings (SSSR count). The van der Waals surface area contributed by atoms with Crippen molar-refractivity contribution in [3.63, 3.8) is 0 Å². The Morgan fingerprint density at radius 1 is 1.15 bits per heavy atom. The number of rotatable bonds is 3. The Kier molecular flexibility index (Phi) is 3.73. The molecule has 0 bridgehead atoms. The van der Waals surface area contributed by atoms with Crippen LogP contribution in [0.1, 0.15) is 18.3 Å². The Morgan fingerprint density at radius 2 is 1.89 bits per heavy atom. The Hall–Kier alpha value is -3.29. The molecule has 0 atom stereocenters. The van der Waals surface area contributed by atoms with Crippen molar-refractivity contribution in [2.75, 3.05) is 7.11 Å². The van der Waals surface area contributed by atoms with Crippen molar-refractivity contribution in [1.29, 1.82) is 0 Å². The van der Waals surface area contributed by atoms with Crippen molar-refractivity contribution >= 4 is 16.9 Å². The van der Waals surface area contributed by atoms with Gasteiger partial charge in [-0.3, -0.25) is 22.9 Å². The first-order chi connectivity index (χ1) is 12.9. The lowest BCUT2D eigenvalue weighted by atomic mass is 10.3. The third kappa shape index (κ3) is 2.19. The number of hydrogen-bond acceptors (Lipinski definition) is 4. The molecule has 0 saturated carbocycles. The van der Waals surface area contributed by atoms with E-state index < -0.39 is 0 Å². The molecule has 140 valence electrons. The van der Waals surface area contributed by atoms with E-state index >= 15 is 0 Å². The highest BCUT2D eigenvalue weighted by Gasteiger charge is 2.22. The predicted octanol–water partition coefficient (Wildman–Crippen LogP) is 1.78. The van der Waals surface area contributed by atoms with Gasteiger partial charge in [0.15, 0.2) is 11.2 Å². The maximum Gasteiger partial charge on any atom is 0.332 e. The van der Waals surface area contributed by atoms with Crippen LogP contribution in [0, 0.1) is 13.8 Å². The summed E-state index contributed by atoms with van der Waals surface area (Å²) in [5.41, 5.74) is 2.84. The fourth-order valence-electron chi connectivity index (χ4n) is 3.59. The minimum Gasteiger partial charge on any atom is -0.497 e. The molecule has 3 aromatic heterocycles. The van der Waals surface area contributed by atoms with E-state index in [4.69, 9.17) is 4.74 Å². The summed E-state index contributed by atoms with van der Waals surface area (Å²) in [6.07, 6.45) is 0. The zero-order valence-corrected chi connectivity index (χ0v) is 16.0. The SMILES string of the molecule is CCn1c(=O)c2c(nc3n(-c4cccc(OC)c4)c(C)c(C)n23)n(C)c1=O. The molecule has 0 unspecified atom stereocenters. The number of methoxy groups -OCH3 is 1. The molecule has 0 fully saturated rings. The summed E-state index contributed by atoms with van der Waals surface area (Å²) in [5.74, 6) is 1.32. The molecule has 1 aromatic carbocycles. The number of nitrogens with zero attached hydrogens (tertiary/aromatic N) is 5. The van der Waals surface area contributed by atoms with Gasteiger partial charge in [0.25, 0.3) is 5.56 Å². The number of hydrogen-bond donors (Lipinski definition) is 0. The van der Waals surface area contributed by atoms with Gasteiger partial charge in [0.05, 0.1) is 12.8 Å². The van der Waals surface area contributed by atoms with Crippen molar-refractivity contribution in [3.8, 4) is 11.4 Å². The van der Waals surface area contributed by atoms with Gasteiger partial charge >= 0.3 is 5.69 Å². The first-order valence-electron chi connectivity index (χ1n) is 8.75. The number of aryl methyl sites for hydroxylation is 2. The molecular formula is C19H21N5O3. The summed E-state index contributed by atoms with van der Waals surface area (Å²) in [5, 5.41) is 0. The van der Waals surface area contributed by atoms with E-state index in [-0.39, 0.29) is 11.2 Å². The second kappa shape index (κ2) is 5.87. The third-order valence-electron chi connectivity index (χ3n) is 5.15. The van der Waals surface area contributed by atoms with Crippen LogP contribution >= 0.6 is 0 Å². The van der Waals surface area contributed by atoms with E-state index in [0.717, 1.165) is 22.8 Å². The van der Waals surface area contributed by atoms with E-state index in [0.29, 0.717) is 23.5 Å². The van der Waals surface area contributed by atoms with Crippen molar-refractivity contribution in [2.24, 2.45) is 7.05 Å². The molecule has 0 aliphatic carbocycles. The summed E-state index contributed by atoms with van der Waals surface area (Å²) in [7, 11) is 3.26. The van der Waals surface area contributed by atoms with Gasteiger partial charge < -0.3 is 4.74 Å². The summed E-state index contributed by atoms with van der Waals surface area (Å²) >= 11 is 0. The van der Waals surface area contributed by atoms with Gasteiger partial charge in [-0.25, -0.2) is 4.79 Å². The van der Waals surface area contributed by atoms with Gasteiger partial charge in [0, 0.05) is 31.0 Å². The largest absolute Gasteiger partial charge is 0.497 e. The zero-order chi connectivity index (χ0) is 19.5. The van der Waals surface area contributed by atoms with Gasteiger partial charge in [-0.15, -0.1) is 0 Å². The first-order valence-corrected chi connectivity index (χ1v) is 8.75. The number of benzene rings is 1. The van der Waals surface area contributed by atoms with Crippen LogP contribution in [-0.4, -0.2) is 30.2 Å². The number of fused-ring (bicyclic) bond motifs is 3. The highest BCUT2D eigenvalue weighted by molar-refractivity contribution is 5.77. The quantitative estimate of drug-likeness (QED) is 0.553. The van der Waals surface area contributed by atoms with Crippen molar-refractivity contribution in [1.82, 2.24) is 23.1 Å². The van der Waals surface area contributed by atoms with Gasteiger partial charge in [-0.2, -0.15) is 4.98 Å². The summed E-state index contributed by atoms with van der Waals surface area (Å²) < 4.78 is 11.8. The molecule has 0 N–H and O–H groups in total. The smallest absolute Gasteiger partial charge is 0.332 e. The van der Waals surface area contributed by atoms with Crippen LogP contribution < -0.4 is 16.0 Å². The monoisotopic (exact) mass is 367 g/mol. The van der Waals surface area contributed by atoms with E-state index in [2.05, 4.69) is 4.98 Å². The maximum absolute atomic E-state index is 13.0. The van der Waals surface area contributed by atoms with Crippen LogP contribution in [-0.2, 0) is 13.6 Å². The van der Waals surface area contributed by atoms with Gasteiger partial charge in [-0.05, 0) is 32.9 Å². The third-order valence-corrected chi connectivity index (χ3v) is 5.15. The van der Waals surface area contributed by atoms with Crippen molar-refractivity contribution < 1.29 is 4.74 Å². The second-order valence-corrected chi connectivity index (χ2v) is 6.52. The summed E-state index contributed by atoms with van der Waals surface area (Å²) in [6.45, 7) is 6.02. The molecule has 0 radical (unpaired) electrons. The minimum absolute atomic E-state index is 0.309. The van der Waals surface area contributed by atoms with Crippen LogP contribution in [0.25, 0.3) is 22.6 Å².